The van der Waals surface area contributed by atoms with Gasteiger partial charge in [0.15, 0.2) is 18.9 Å². The summed E-state index contributed by atoms with van der Waals surface area (Å²) in [4.78, 5) is 11.3. The maximum atomic E-state index is 11.3. The molecule has 11 N–H and O–H groups in total. The predicted molar refractivity (Wildman–Crippen MR) is 132 cm³/mol. The van der Waals surface area contributed by atoms with Gasteiger partial charge >= 0.3 is 0 Å². The zero-order valence-electron chi connectivity index (χ0n) is 21.8. The van der Waals surface area contributed by atoms with Crippen LogP contribution < -0.4 is 0 Å². The number of benzene rings is 1. The Labute approximate surface area is 234 Å². The Morgan fingerprint density at radius 3 is 1.90 bits per heavy atom. The summed E-state index contributed by atoms with van der Waals surface area (Å²) in [5, 5.41) is 112. The summed E-state index contributed by atoms with van der Waals surface area (Å²) in [7, 11) is 0. The van der Waals surface area contributed by atoms with Crippen molar-refractivity contribution in [2.24, 2.45) is 0 Å². The quantitative estimate of drug-likeness (QED) is 0.0948. The molecule has 16 heteroatoms. The molecule has 0 bridgehead atoms. The van der Waals surface area contributed by atoms with Crippen LogP contribution in [0, 0.1) is 0 Å². The number of aldehydes is 1. The van der Waals surface area contributed by atoms with E-state index in [1.165, 1.54) is 0 Å². The van der Waals surface area contributed by atoms with E-state index in [1.807, 2.05) is 0 Å². The molecule has 2 heterocycles. The predicted octanol–water partition coefficient (Wildman–Crippen LogP) is -6.12. The second-order valence-electron chi connectivity index (χ2n) is 10.1. The number of rotatable bonds is 13. The lowest BCUT2D eigenvalue weighted by atomic mass is 9.82. The number of hydrogen-bond acceptors (Lipinski definition) is 16. The molecule has 14 atom stereocenters. The van der Waals surface area contributed by atoms with Crippen molar-refractivity contribution in [3.63, 3.8) is 0 Å². The van der Waals surface area contributed by atoms with E-state index in [0.29, 0.717) is 5.56 Å². The lowest BCUT2D eigenvalue weighted by Crippen LogP contribution is -2.62. The van der Waals surface area contributed by atoms with Gasteiger partial charge in [-0.2, -0.15) is 0 Å². The summed E-state index contributed by atoms with van der Waals surface area (Å²) < 4.78 is 21.2. The van der Waals surface area contributed by atoms with Gasteiger partial charge in [-0.15, -0.1) is 0 Å². The fourth-order valence-electron chi connectivity index (χ4n) is 4.63. The van der Waals surface area contributed by atoms with Crippen molar-refractivity contribution in [3.8, 4) is 0 Å². The van der Waals surface area contributed by atoms with Crippen molar-refractivity contribution in [1.82, 2.24) is 0 Å². The Morgan fingerprint density at radius 1 is 0.805 bits per heavy atom. The first kappa shape index (κ1) is 33.8. The molecule has 3 rings (SSSR count). The minimum Gasteiger partial charge on any atom is -0.394 e. The fraction of sp³-hybridized carbons (Fsp3) is 0.720. The summed E-state index contributed by atoms with van der Waals surface area (Å²) in [5.41, 5.74) is -2.12. The second-order valence-corrected chi connectivity index (χ2v) is 10.1. The SMILES string of the molecule is O=C[C@H](O)[C@](O)(Cc1ccccc1)[C@H](O)[C@H](O)CO[C@H]1O[C@H](CO[C@H]2O[C@H](CO)[C@@H](O)[C@H](O)[C@H]2O)[C@@H](O)[C@H](O)[C@H]1O. The zero-order valence-corrected chi connectivity index (χ0v) is 21.8. The van der Waals surface area contributed by atoms with E-state index < -0.39 is 112 Å². The third-order valence-corrected chi connectivity index (χ3v) is 7.22. The van der Waals surface area contributed by atoms with E-state index in [-0.39, 0.29) is 6.29 Å². The average Bonchev–Trinajstić information content (AvgIpc) is 2.98. The second kappa shape index (κ2) is 14.6. The first-order valence-corrected chi connectivity index (χ1v) is 12.8. The normalized spacial score (nSPS) is 38.0. The minimum absolute atomic E-state index is 0.00842. The molecule has 0 unspecified atom stereocenters. The van der Waals surface area contributed by atoms with Crippen LogP contribution >= 0.6 is 0 Å². The fourth-order valence-corrected chi connectivity index (χ4v) is 4.63. The van der Waals surface area contributed by atoms with Gasteiger partial charge in [0.1, 0.15) is 72.7 Å². The molecule has 0 aromatic heterocycles. The molecule has 2 aliphatic heterocycles. The van der Waals surface area contributed by atoms with Crippen LogP contribution in [0.5, 0.6) is 0 Å². The molecular formula is C25H38O16. The summed E-state index contributed by atoms with van der Waals surface area (Å²) in [6.45, 7) is -2.19. The molecule has 2 fully saturated rings. The molecule has 2 saturated heterocycles. The number of aliphatic hydroxyl groups excluding tert-OH is 10. The molecule has 234 valence electrons. The monoisotopic (exact) mass is 594 g/mol. The van der Waals surface area contributed by atoms with Crippen LogP contribution in [0.25, 0.3) is 0 Å². The summed E-state index contributed by atoms with van der Waals surface area (Å²) >= 11 is 0. The van der Waals surface area contributed by atoms with Crippen LogP contribution in [0.1, 0.15) is 5.56 Å². The molecular weight excluding hydrogens is 556 g/mol. The highest BCUT2D eigenvalue weighted by atomic mass is 16.7. The van der Waals surface area contributed by atoms with Crippen molar-refractivity contribution >= 4 is 6.29 Å². The molecule has 0 aliphatic carbocycles. The van der Waals surface area contributed by atoms with Gasteiger partial charge in [-0.05, 0) is 5.56 Å². The van der Waals surface area contributed by atoms with Gasteiger partial charge in [0, 0.05) is 6.42 Å². The highest BCUT2D eigenvalue weighted by Crippen LogP contribution is 2.28. The Hall–Kier alpha value is -1.71. The van der Waals surface area contributed by atoms with Crippen molar-refractivity contribution in [2.45, 2.75) is 91.7 Å². The Bertz CT molecular complexity index is 937. The van der Waals surface area contributed by atoms with Crippen LogP contribution in [0.4, 0.5) is 0 Å². The number of ether oxygens (including phenoxy) is 4. The molecule has 0 spiro atoms. The number of aliphatic hydroxyl groups is 11. The van der Waals surface area contributed by atoms with E-state index in [0.717, 1.165) is 0 Å². The molecule has 1 aromatic rings. The summed E-state index contributed by atoms with van der Waals surface area (Å²) in [6, 6.07) is 8.04. The van der Waals surface area contributed by atoms with Crippen LogP contribution in [-0.4, -0.2) is 168 Å². The molecule has 0 saturated carbocycles. The van der Waals surface area contributed by atoms with Gasteiger partial charge in [0.25, 0.3) is 0 Å². The number of carbonyl (C=O) groups excluding carboxylic acids is 1. The van der Waals surface area contributed by atoms with Crippen LogP contribution in [-0.2, 0) is 30.2 Å². The first-order valence-electron chi connectivity index (χ1n) is 12.8. The van der Waals surface area contributed by atoms with E-state index in [9.17, 15) is 61.0 Å². The highest BCUT2D eigenvalue weighted by molar-refractivity contribution is 5.58. The van der Waals surface area contributed by atoms with E-state index in [4.69, 9.17) is 18.9 Å². The molecule has 16 nitrogen and oxygen atoms in total. The van der Waals surface area contributed by atoms with Crippen molar-refractivity contribution in [1.29, 1.82) is 0 Å². The van der Waals surface area contributed by atoms with Gasteiger partial charge in [0.05, 0.1) is 19.8 Å². The van der Waals surface area contributed by atoms with E-state index in [1.54, 1.807) is 30.3 Å². The van der Waals surface area contributed by atoms with Crippen molar-refractivity contribution < 1.29 is 79.9 Å². The Morgan fingerprint density at radius 2 is 1.34 bits per heavy atom. The highest BCUT2D eigenvalue weighted by Gasteiger charge is 2.49. The molecule has 0 radical (unpaired) electrons. The van der Waals surface area contributed by atoms with Crippen LogP contribution in [0.3, 0.4) is 0 Å². The lowest BCUT2D eigenvalue weighted by Gasteiger charge is -2.43. The van der Waals surface area contributed by atoms with Gasteiger partial charge < -0.3 is 79.9 Å². The largest absolute Gasteiger partial charge is 0.394 e. The molecule has 41 heavy (non-hydrogen) atoms. The average molecular weight is 595 g/mol. The first-order chi connectivity index (χ1) is 19.3. The van der Waals surface area contributed by atoms with Crippen molar-refractivity contribution in [2.75, 3.05) is 19.8 Å². The molecule has 2 aliphatic rings. The minimum atomic E-state index is -2.55. The standard InChI is InChI=1S/C25H38O16/c26-7-13-16(30)18(32)20(34)24(40-13)39-10-14-17(31)19(33)21(35)23(41-14)38-9-12(28)22(36)25(37,15(29)8-27)6-11-4-2-1-3-5-11/h1-5,8,12-24,26,28-37H,6-7,9-10H2/t12-,13-,14-,15+,16-,17-,18+,19+,20-,21-,22-,23+,24+,25-/m1/s1. The summed E-state index contributed by atoms with van der Waals surface area (Å²) in [5.74, 6) is 0. The zero-order chi connectivity index (χ0) is 30.5. The Kier molecular flexibility index (Phi) is 12.1. The van der Waals surface area contributed by atoms with Gasteiger partial charge in [-0.3, -0.25) is 0 Å². The van der Waals surface area contributed by atoms with Gasteiger partial charge in [-0.1, -0.05) is 30.3 Å². The Balaban J connectivity index is 1.63. The topological polar surface area (TPSA) is 277 Å². The maximum absolute atomic E-state index is 11.3. The van der Waals surface area contributed by atoms with Crippen LogP contribution in [0.2, 0.25) is 0 Å². The lowest BCUT2D eigenvalue weighted by molar-refractivity contribution is -0.333. The van der Waals surface area contributed by atoms with Gasteiger partial charge in [0.2, 0.25) is 0 Å². The number of carbonyl (C=O) groups is 1. The maximum Gasteiger partial charge on any atom is 0.186 e. The van der Waals surface area contributed by atoms with E-state index in [2.05, 4.69) is 0 Å². The molecule has 0 amide bonds. The number of hydrogen-bond donors (Lipinski definition) is 11. The van der Waals surface area contributed by atoms with Gasteiger partial charge in [-0.25, -0.2) is 0 Å². The third kappa shape index (κ3) is 7.63. The smallest absolute Gasteiger partial charge is 0.186 e. The summed E-state index contributed by atoms with van der Waals surface area (Å²) in [6.07, 6.45) is -23.3. The third-order valence-electron chi connectivity index (χ3n) is 7.22. The van der Waals surface area contributed by atoms with E-state index >= 15 is 0 Å². The van der Waals surface area contributed by atoms with Crippen LogP contribution in [0.15, 0.2) is 30.3 Å². The van der Waals surface area contributed by atoms with Crippen molar-refractivity contribution in [3.05, 3.63) is 35.9 Å². The molecule has 1 aromatic carbocycles.